The molecule has 0 aromatic rings. The molecule has 2 unspecified atom stereocenters. The SMILES string of the molecule is CCNC(=O)CN(C)C(=O)C1NCCC1C. The Bertz CT molecular complexity index is 268. The van der Waals surface area contributed by atoms with Crippen molar-refractivity contribution in [2.24, 2.45) is 5.92 Å². The smallest absolute Gasteiger partial charge is 0.240 e. The fourth-order valence-electron chi connectivity index (χ4n) is 1.95. The third-order valence-corrected chi connectivity index (χ3v) is 2.93. The van der Waals surface area contributed by atoms with E-state index < -0.39 is 0 Å². The molecule has 0 spiro atoms. The van der Waals surface area contributed by atoms with E-state index >= 15 is 0 Å². The molecule has 0 aliphatic carbocycles. The van der Waals surface area contributed by atoms with Crippen molar-refractivity contribution in [2.45, 2.75) is 26.3 Å². The summed E-state index contributed by atoms with van der Waals surface area (Å²) in [4.78, 5) is 24.8. The number of carbonyl (C=O) groups excluding carboxylic acids is 2. The summed E-state index contributed by atoms with van der Waals surface area (Å²) in [5, 5.41) is 5.85. The highest BCUT2D eigenvalue weighted by Gasteiger charge is 2.31. The van der Waals surface area contributed by atoms with Crippen molar-refractivity contribution in [3.05, 3.63) is 0 Å². The molecule has 1 heterocycles. The minimum Gasteiger partial charge on any atom is -0.355 e. The van der Waals surface area contributed by atoms with Gasteiger partial charge in [-0.2, -0.15) is 0 Å². The van der Waals surface area contributed by atoms with Crippen LogP contribution in [0.15, 0.2) is 0 Å². The predicted molar refractivity (Wildman–Crippen MR) is 61.9 cm³/mol. The molecule has 0 bridgehead atoms. The average Bonchev–Trinajstić information content (AvgIpc) is 2.63. The van der Waals surface area contributed by atoms with Gasteiger partial charge in [-0.25, -0.2) is 0 Å². The van der Waals surface area contributed by atoms with E-state index in [0.29, 0.717) is 12.5 Å². The lowest BCUT2D eigenvalue weighted by atomic mass is 10.0. The lowest BCUT2D eigenvalue weighted by molar-refractivity contribution is -0.136. The summed E-state index contributed by atoms with van der Waals surface area (Å²) in [6, 6.07) is -0.126. The van der Waals surface area contributed by atoms with Crippen LogP contribution in [0.5, 0.6) is 0 Å². The molecule has 1 rings (SSSR count). The molecule has 5 nitrogen and oxygen atoms in total. The standard InChI is InChI=1S/C11H21N3O2/c1-4-12-9(15)7-14(3)11(16)10-8(2)5-6-13-10/h8,10,13H,4-7H2,1-3H3,(H,12,15). The number of likely N-dealkylation sites (N-methyl/N-ethyl adjacent to an activating group) is 2. The number of hydrogen-bond acceptors (Lipinski definition) is 3. The van der Waals surface area contributed by atoms with Crippen molar-refractivity contribution in [3.8, 4) is 0 Å². The van der Waals surface area contributed by atoms with Gasteiger partial charge in [0.1, 0.15) is 0 Å². The van der Waals surface area contributed by atoms with E-state index in [1.165, 1.54) is 4.90 Å². The van der Waals surface area contributed by atoms with Gasteiger partial charge in [-0.15, -0.1) is 0 Å². The molecule has 1 aliphatic heterocycles. The first-order valence-corrected chi connectivity index (χ1v) is 5.81. The number of hydrogen-bond donors (Lipinski definition) is 2. The summed E-state index contributed by atoms with van der Waals surface area (Å²) < 4.78 is 0. The van der Waals surface area contributed by atoms with Gasteiger partial charge in [0.25, 0.3) is 0 Å². The molecule has 92 valence electrons. The zero-order valence-electron chi connectivity index (χ0n) is 10.2. The summed E-state index contributed by atoms with van der Waals surface area (Å²) in [6.07, 6.45) is 1.02. The van der Waals surface area contributed by atoms with Crippen LogP contribution in [0.25, 0.3) is 0 Å². The first-order valence-electron chi connectivity index (χ1n) is 5.81. The van der Waals surface area contributed by atoms with Gasteiger partial charge >= 0.3 is 0 Å². The van der Waals surface area contributed by atoms with Crippen LogP contribution >= 0.6 is 0 Å². The molecule has 16 heavy (non-hydrogen) atoms. The monoisotopic (exact) mass is 227 g/mol. The largest absolute Gasteiger partial charge is 0.355 e. The number of nitrogens with one attached hydrogen (secondary N) is 2. The molecule has 0 saturated carbocycles. The summed E-state index contributed by atoms with van der Waals surface area (Å²) in [7, 11) is 1.67. The summed E-state index contributed by atoms with van der Waals surface area (Å²) in [5.41, 5.74) is 0. The van der Waals surface area contributed by atoms with Gasteiger partial charge < -0.3 is 15.5 Å². The Morgan fingerprint density at radius 1 is 1.50 bits per heavy atom. The van der Waals surface area contributed by atoms with E-state index in [1.54, 1.807) is 7.05 Å². The third kappa shape index (κ3) is 3.20. The molecule has 0 aromatic heterocycles. The van der Waals surface area contributed by atoms with Gasteiger partial charge in [0.05, 0.1) is 12.6 Å². The van der Waals surface area contributed by atoms with Crippen LogP contribution in [-0.2, 0) is 9.59 Å². The molecule has 0 radical (unpaired) electrons. The van der Waals surface area contributed by atoms with Crippen LogP contribution in [0.4, 0.5) is 0 Å². The molecule has 2 atom stereocenters. The number of carbonyl (C=O) groups is 2. The third-order valence-electron chi connectivity index (χ3n) is 2.93. The van der Waals surface area contributed by atoms with Gasteiger partial charge in [0.15, 0.2) is 0 Å². The second-order valence-electron chi connectivity index (χ2n) is 4.35. The predicted octanol–water partition coefficient (Wildman–Crippen LogP) is -0.421. The average molecular weight is 227 g/mol. The van der Waals surface area contributed by atoms with Gasteiger partial charge in [0.2, 0.25) is 11.8 Å². The lowest BCUT2D eigenvalue weighted by Gasteiger charge is -2.22. The van der Waals surface area contributed by atoms with Crippen LogP contribution in [0, 0.1) is 5.92 Å². The fourth-order valence-corrected chi connectivity index (χ4v) is 1.95. The molecule has 2 N–H and O–H groups in total. The van der Waals surface area contributed by atoms with Crippen LogP contribution < -0.4 is 10.6 Å². The molecule has 5 heteroatoms. The van der Waals surface area contributed by atoms with Crippen LogP contribution in [0.3, 0.4) is 0 Å². The minimum atomic E-state index is -0.126. The maximum atomic E-state index is 12.0. The van der Waals surface area contributed by atoms with Gasteiger partial charge in [-0.05, 0) is 25.8 Å². The Hall–Kier alpha value is -1.10. The van der Waals surface area contributed by atoms with E-state index in [1.807, 2.05) is 6.92 Å². The normalized spacial score (nSPS) is 24.2. The summed E-state index contributed by atoms with van der Waals surface area (Å²) >= 11 is 0. The first-order chi connectivity index (χ1) is 7.56. The maximum Gasteiger partial charge on any atom is 0.240 e. The van der Waals surface area contributed by atoms with Crippen LogP contribution in [0.2, 0.25) is 0 Å². The maximum absolute atomic E-state index is 12.0. The van der Waals surface area contributed by atoms with Crippen molar-refractivity contribution in [1.29, 1.82) is 0 Å². The van der Waals surface area contributed by atoms with E-state index in [2.05, 4.69) is 17.6 Å². The van der Waals surface area contributed by atoms with Crippen molar-refractivity contribution >= 4 is 11.8 Å². The summed E-state index contributed by atoms with van der Waals surface area (Å²) in [5.74, 6) is 0.254. The number of amides is 2. The Labute approximate surface area is 96.6 Å². The second kappa shape index (κ2) is 5.84. The highest BCUT2D eigenvalue weighted by atomic mass is 16.2. The Morgan fingerprint density at radius 3 is 2.69 bits per heavy atom. The quantitative estimate of drug-likeness (QED) is 0.685. The highest BCUT2D eigenvalue weighted by Crippen LogP contribution is 2.15. The lowest BCUT2D eigenvalue weighted by Crippen LogP contribution is -2.47. The zero-order chi connectivity index (χ0) is 12.1. The Balaban J connectivity index is 2.44. The molecular formula is C11H21N3O2. The van der Waals surface area contributed by atoms with Crippen molar-refractivity contribution in [1.82, 2.24) is 15.5 Å². The van der Waals surface area contributed by atoms with Gasteiger partial charge in [0, 0.05) is 13.6 Å². The highest BCUT2D eigenvalue weighted by molar-refractivity contribution is 5.87. The van der Waals surface area contributed by atoms with Crippen molar-refractivity contribution in [2.75, 3.05) is 26.7 Å². The van der Waals surface area contributed by atoms with Gasteiger partial charge in [-0.1, -0.05) is 6.92 Å². The topological polar surface area (TPSA) is 61.4 Å². The molecule has 1 aliphatic rings. The van der Waals surface area contributed by atoms with E-state index in [4.69, 9.17) is 0 Å². The number of rotatable bonds is 4. The minimum absolute atomic E-state index is 0.0104. The Morgan fingerprint density at radius 2 is 2.19 bits per heavy atom. The zero-order valence-corrected chi connectivity index (χ0v) is 10.2. The Kier molecular flexibility index (Phi) is 4.73. The van der Waals surface area contributed by atoms with Crippen LogP contribution in [0.1, 0.15) is 20.3 Å². The van der Waals surface area contributed by atoms with Crippen molar-refractivity contribution < 1.29 is 9.59 Å². The molecule has 1 fully saturated rings. The molecule has 2 amide bonds. The molecule has 1 saturated heterocycles. The summed E-state index contributed by atoms with van der Waals surface area (Å²) in [6.45, 7) is 5.53. The van der Waals surface area contributed by atoms with E-state index in [-0.39, 0.29) is 24.4 Å². The van der Waals surface area contributed by atoms with E-state index in [0.717, 1.165) is 13.0 Å². The molecular weight excluding hydrogens is 206 g/mol. The van der Waals surface area contributed by atoms with Crippen LogP contribution in [-0.4, -0.2) is 49.4 Å². The van der Waals surface area contributed by atoms with Crippen molar-refractivity contribution in [3.63, 3.8) is 0 Å². The van der Waals surface area contributed by atoms with Gasteiger partial charge in [-0.3, -0.25) is 9.59 Å². The second-order valence-corrected chi connectivity index (χ2v) is 4.35. The first kappa shape index (κ1) is 13.0. The number of nitrogens with zero attached hydrogens (tertiary/aromatic N) is 1. The fraction of sp³-hybridized carbons (Fsp3) is 0.818. The molecule has 0 aromatic carbocycles. The van der Waals surface area contributed by atoms with E-state index in [9.17, 15) is 9.59 Å².